The molecule has 0 aliphatic heterocycles. The summed E-state index contributed by atoms with van der Waals surface area (Å²) in [5, 5.41) is 7.65. The Morgan fingerprint density at radius 3 is 2.51 bits per heavy atom. The molecule has 0 saturated heterocycles. The predicted octanol–water partition coefficient (Wildman–Crippen LogP) is 7.64. The van der Waals surface area contributed by atoms with Gasteiger partial charge in [0.1, 0.15) is 11.6 Å². The first-order chi connectivity index (χ1) is 19.6. The summed E-state index contributed by atoms with van der Waals surface area (Å²) in [5.41, 5.74) is 1.36. The number of nitrogens with zero attached hydrogens (tertiary/aromatic N) is 3. The second-order valence-corrected chi connectivity index (χ2v) is 11.5. The Morgan fingerprint density at radius 2 is 1.83 bits per heavy atom. The van der Waals surface area contributed by atoms with E-state index in [1.54, 1.807) is 18.3 Å². The predicted molar refractivity (Wildman–Crippen MR) is 169 cm³/mol. The lowest BCUT2D eigenvalue weighted by atomic mass is 10.1. The van der Waals surface area contributed by atoms with Crippen LogP contribution in [0.1, 0.15) is 44.5 Å². The maximum Gasteiger partial charge on any atom is 0.282 e. The molecular weight excluding hydrogens is 727 g/mol. The molecular formula is C29H26Br3FN4O4. The van der Waals surface area contributed by atoms with Crippen molar-refractivity contribution in [2.45, 2.75) is 33.1 Å². The van der Waals surface area contributed by atoms with Gasteiger partial charge in [-0.05, 0) is 93.7 Å². The minimum Gasteiger partial charge on any atom is -0.490 e. The third kappa shape index (κ3) is 7.22. The Labute approximate surface area is 261 Å². The average Bonchev–Trinajstić information content (AvgIpc) is 2.95. The van der Waals surface area contributed by atoms with E-state index in [-0.39, 0.29) is 18.1 Å². The smallest absolute Gasteiger partial charge is 0.282 e. The fourth-order valence-electron chi connectivity index (χ4n) is 3.86. The van der Waals surface area contributed by atoms with Gasteiger partial charge in [-0.3, -0.25) is 9.59 Å². The molecule has 4 aromatic rings. The molecule has 0 radical (unpaired) electrons. The van der Waals surface area contributed by atoms with Crippen LogP contribution in [0.5, 0.6) is 11.5 Å². The monoisotopic (exact) mass is 750 g/mol. The van der Waals surface area contributed by atoms with Gasteiger partial charge in [0.15, 0.2) is 18.1 Å². The number of carbonyl (C=O) groups is 1. The molecule has 0 saturated carbocycles. The van der Waals surface area contributed by atoms with Gasteiger partial charge in [0.25, 0.3) is 11.5 Å². The number of halogens is 4. The highest BCUT2D eigenvalue weighted by Crippen LogP contribution is 2.42. The van der Waals surface area contributed by atoms with Crippen LogP contribution in [0.4, 0.5) is 10.1 Å². The largest absolute Gasteiger partial charge is 0.490 e. The topological polar surface area (TPSA) is 94.8 Å². The lowest BCUT2D eigenvalue weighted by molar-refractivity contribution is -0.118. The number of anilines is 1. The third-order valence-electron chi connectivity index (χ3n) is 6.13. The van der Waals surface area contributed by atoms with E-state index in [9.17, 15) is 14.0 Å². The summed E-state index contributed by atoms with van der Waals surface area (Å²) >= 11 is 10.5. The Balaban J connectivity index is 1.67. The van der Waals surface area contributed by atoms with Crippen LogP contribution in [0.25, 0.3) is 10.9 Å². The minimum atomic E-state index is -0.430. The summed E-state index contributed by atoms with van der Waals surface area (Å²) in [4.78, 5) is 30.7. The van der Waals surface area contributed by atoms with Crippen LogP contribution in [-0.4, -0.2) is 35.0 Å². The molecule has 12 heteroatoms. The summed E-state index contributed by atoms with van der Waals surface area (Å²) < 4.78 is 27.9. The molecule has 0 fully saturated rings. The van der Waals surface area contributed by atoms with E-state index >= 15 is 0 Å². The summed E-state index contributed by atoms with van der Waals surface area (Å²) in [6.45, 7) is 5.87. The highest BCUT2D eigenvalue weighted by molar-refractivity contribution is 9.13. The van der Waals surface area contributed by atoms with Crippen LogP contribution < -0.4 is 20.3 Å². The molecule has 0 spiro atoms. The van der Waals surface area contributed by atoms with E-state index in [1.165, 1.54) is 28.9 Å². The van der Waals surface area contributed by atoms with E-state index in [0.29, 0.717) is 55.0 Å². The van der Waals surface area contributed by atoms with Gasteiger partial charge in [-0.15, -0.1) is 0 Å². The van der Waals surface area contributed by atoms with Gasteiger partial charge in [0.2, 0.25) is 0 Å². The van der Waals surface area contributed by atoms with Crippen molar-refractivity contribution >= 4 is 76.5 Å². The maximum atomic E-state index is 13.5. The molecule has 1 amide bonds. The zero-order chi connectivity index (χ0) is 29.7. The maximum absolute atomic E-state index is 13.5. The van der Waals surface area contributed by atoms with Crippen molar-refractivity contribution in [2.75, 3.05) is 18.5 Å². The number of carbonyl (C=O) groups excluding carboxylic acids is 1. The molecule has 0 aliphatic carbocycles. The molecule has 1 heterocycles. The summed E-state index contributed by atoms with van der Waals surface area (Å²) in [5.74, 6) is 0.382. The summed E-state index contributed by atoms with van der Waals surface area (Å²) in [6, 6.07) is 12.5. The van der Waals surface area contributed by atoms with E-state index in [4.69, 9.17) is 14.5 Å². The van der Waals surface area contributed by atoms with E-state index in [1.807, 2.05) is 32.9 Å². The average molecular weight is 753 g/mol. The van der Waals surface area contributed by atoms with E-state index in [0.717, 1.165) is 10.9 Å². The Bertz CT molecular complexity index is 1680. The zero-order valence-electron chi connectivity index (χ0n) is 22.4. The molecule has 0 unspecified atom stereocenters. The lowest BCUT2D eigenvalue weighted by Crippen LogP contribution is -2.23. The quantitative estimate of drug-likeness (QED) is 0.168. The van der Waals surface area contributed by atoms with Gasteiger partial charge >= 0.3 is 0 Å². The molecule has 1 N–H and O–H groups in total. The van der Waals surface area contributed by atoms with Gasteiger partial charge in [-0.1, -0.05) is 29.8 Å². The molecule has 41 heavy (non-hydrogen) atoms. The number of benzene rings is 3. The van der Waals surface area contributed by atoms with Gasteiger partial charge < -0.3 is 14.8 Å². The van der Waals surface area contributed by atoms with E-state index in [2.05, 4.69) is 58.2 Å². The third-order valence-corrected chi connectivity index (χ3v) is 8.77. The van der Waals surface area contributed by atoms with Crippen molar-refractivity contribution in [3.63, 3.8) is 0 Å². The molecule has 4 rings (SSSR count). The number of rotatable bonds is 10. The molecule has 214 valence electrons. The number of fused-ring (bicyclic) bond motifs is 1. The van der Waals surface area contributed by atoms with Crippen molar-refractivity contribution in [2.24, 2.45) is 5.10 Å². The number of aromatic nitrogens is 2. The summed E-state index contributed by atoms with van der Waals surface area (Å²) in [7, 11) is 0. The number of hydrogen-bond acceptors (Lipinski definition) is 6. The van der Waals surface area contributed by atoms with Crippen molar-refractivity contribution in [1.29, 1.82) is 0 Å². The number of amides is 1. The van der Waals surface area contributed by atoms with Crippen LogP contribution >= 0.6 is 47.8 Å². The van der Waals surface area contributed by atoms with Crippen LogP contribution in [-0.2, 0) is 4.79 Å². The zero-order valence-corrected chi connectivity index (χ0v) is 27.1. The van der Waals surface area contributed by atoms with Crippen molar-refractivity contribution < 1.29 is 18.7 Å². The summed E-state index contributed by atoms with van der Waals surface area (Å²) in [6.07, 6.45) is 2.32. The lowest BCUT2D eigenvalue weighted by Gasteiger charge is -2.17. The van der Waals surface area contributed by atoms with Crippen LogP contribution in [0.3, 0.4) is 0 Å². The van der Waals surface area contributed by atoms with Gasteiger partial charge in [0.05, 0.1) is 28.2 Å². The van der Waals surface area contributed by atoms with Gasteiger partial charge in [0, 0.05) is 26.1 Å². The number of nitrogens with one attached hydrogen (secondary N) is 1. The van der Waals surface area contributed by atoms with Crippen molar-refractivity contribution in [1.82, 2.24) is 9.66 Å². The minimum absolute atomic E-state index is 0.0149. The fraction of sp³-hybridized carbons (Fsp3) is 0.241. The molecule has 0 aliphatic rings. The second kappa shape index (κ2) is 13.7. The molecule has 1 atom stereocenters. The number of hydrogen-bond donors (Lipinski definition) is 1. The molecule has 0 bridgehead atoms. The molecule has 3 aromatic carbocycles. The Morgan fingerprint density at radius 1 is 1.10 bits per heavy atom. The van der Waals surface area contributed by atoms with Crippen molar-refractivity contribution in [3.8, 4) is 11.5 Å². The first kappa shape index (κ1) is 30.9. The normalized spacial score (nSPS) is 12.1. The highest BCUT2D eigenvalue weighted by Gasteiger charge is 2.20. The first-order valence-electron chi connectivity index (χ1n) is 12.7. The SMILES string of the molecule is CCOc1cc(C=Nn2c([C@H](C)CC)nc3ccc(Br)cc3c2=O)c(Br)c(Br)c1OCC(=O)Nc1ccc(F)cc1. The van der Waals surface area contributed by atoms with Crippen LogP contribution in [0.2, 0.25) is 0 Å². The fourth-order valence-corrected chi connectivity index (χ4v) is 5.16. The van der Waals surface area contributed by atoms with Gasteiger partial charge in [-0.2, -0.15) is 9.78 Å². The van der Waals surface area contributed by atoms with Crippen molar-refractivity contribution in [3.05, 3.63) is 89.5 Å². The standard InChI is InChI=1S/C29H26Br3FN4O4/c1-4-16(3)28-36-22-11-6-18(30)13-21(22)29(39)37(28)34-14-17-12-23(40-5-2)27(26(32)25(17)31)41-15-24(38)35-20-9-7-19(33)8-10-20/h6-14,16H,4-5,15H2,1-3H3,(H,35,38)/t16-/m1/s1. The number of ether oxygens (including phenoxy) is 2. The second-order valence-electron chi connectivity index (χ2n) is 9.00. The van der Waals surface area contributed by atoms with Crippen LogP contribution in [0, 0.1) is 5.82 Å². The van der Waals surface area contributed by atoms with Gasteiger partial charge in [-0.25, -0.2) is 9.37 Å². The van der Waals surface area contributed by atoms with E-state index < -0.39 is 11.7 Å². The molecule has 8 nitrogen and oxygen atoms in total. The highest BCUT2D eigenvalue weighted by atomic mass is 79.9. The Hall–Kier alpha value is -3.09. The first-order valence-corrected chi connectivity index (χ1v) is 15.1. The van der Waals surface area contributed by atoms with Crippen LogP contribution in [0.15, 0.2) is 71.8 Å². The Kier molecular flexibility index (Phi) is 10.3. The molecule has 1 aromatic heterocycles.